The molecule has 0 aliphatic rings. The van der Waals surface area contributed by atoms with E-state index < -0.39 is 18.3 Å². The standard InChI is InChI=1S/C24H26Cl2N7O4P/c1-4-31(5-2)38(37,30-18-8-10-19(11-9-18)33(35)36)22-16(3)29-32(14-6-13-27)23(22)28-24(34)20-12-7-17(25)15-21(20)26/h7-12,15H,4-6,14H2,1-3H3,(H,28,34)(H,30,37)/t38-/m1/s1. The number of aromatic nitrogens is 2. The summed E-state index contributed by atoms with van der Waals surface area (Å²) < 4.78 is 18.0. The molecule has 11 nitrogen and oxygen atoms in total. The molecule has 1 aromatic heterocycles. The van der Waals surface area contributed by atoms with E-state index in [-0.39, 0.29) is 40.4 Å². The molecule has 0 bridgehead atoms. The maximum Gasteiger partial charge on any atom is 0.272 e. The van der Waals surface area contributed by atoms with Gasteiger partial charge in [-0.05, 0) is 37.3 Å². The number of non-ortho nitro benzene ring substituents is 1. The Morgan fingerprint density at radius 1 is 1.21 bits per heavy atom. The summed E-state index contributed by atoms with van der Waals surface area (Å²) in [7, 11) is -3.72. The Kier molecular flexibility index (Phi) is 9.52. The third-order valence-electron chi connectivity index (χ3n) is 5.73. The van der Waals surface area contributed by atoms with E-state index in [1.807, 2.05) is 13.8 Å². The largest absolute Gasteiger partial charge is 0.321 e. The number of hydrogen-bond acceptors (Lipinski definition) is 6. The van der Waals surface area contributed by atoms with Crippen LogP contribution in [0.1, 0.15) is 36.3 Å². The lowest BCUT2D eigenvalue weighted by atomic mass is 10.2. The molecule has 200 valence electrons. The van der Waals surface area contributed by atoms with Crippen LogP contribution in [0.25, 0.3) is 0 Å². The molecular weight excluding hydrogens is 552 g/mol. The SMILES string of the molecule is CCN(CC)[P@](=O)(Nc1ccc([N+](=O)[O-])cc1)c1c(C)nn(CCC#N)c1NC(=O)c1ccc(Cl)cc1Cl. The molecular formula is C24H26Cl2N7O4P. The Balaban J connectivity index is 2.17. The van der Waals surface area contributed by atoms with E-state index in [0.717, 1.165) is 0 Å². The van der Waals surface area contributed by atoms with Crippen LogP contribution in [-0.2, 0) is 11.1 Å². The topological polar surface area (TPSA) is 146 Å². The number of rotatable bonds is 11. The molecule has 0 saturated carbocycles. The first-order chi connectivity index (χ1) is 18.0. The van der Waals surface area contributed by atoms with E-state index in [4.69, 9.17) is 28.5 Å². The molecule has 0 spiro atoms. The van der Waals surface area contributed by atoms with Crippen molar-refractivity contribution in [2.45, 2.75) is 33.7 Å². The molecule has 0 radical (unpaired) electrons. The van der Waals surface area contributed by atoms with Crippen molar-refractivity contribution >= 4 is 59.0 Å². The first-order valence-electron chi connectivity index (χ1n) is 11.6. The molecule has 38 heavy (non-hydrogen) atoms. The van der Waals surface area contributed by atoms with E-state index in [1.54, 1.807) is 11.6 Å². The van der Waals surface area contributed by atoms with Gasteiger partial charge in [-0.2, -0.15) is 10.4 Å². The number of amides is 1. The van der Waals surface area contributed by atoms with Gasteiger partial charge in [0.05, 0.1) is 40.2 Å². The van der Waals surface area contributed by atoms with E-state index in [1.165, 1.54) is 47.1 Å². The van der Waals surface area contributed by atoms with Crippen LogP contribution in [0.2, 0.25) is 10.0 Å². The molecule has 1 atom stereocenters. The molecule has 0 fully saturated rings. The third kappa shape index (κ3) is 6.17. The monoisotopic (exact) mass is 577 g/mol. The van der Waals surface area contributed by atoms with Gasteiger partial charge in [0, 0.05) is 35.9 Å². The highest BCUT2D eigenvalue weighted by Gasteiger charge is 2.39. The number of hydrogen-bond donors (Lipinski definition) is 2. The fraction of sp³-hybridized carbons (Fsp3) is 0.292. The highest BCUT2D eigenvalue weighted by Crippen LogP contribution is 2.51. The minimum atomic E-state index is -3.72. The van der Waals surface area contributed by atoms with E-state index in [0.29, 0.717) is 29.5 Å². The number of anilines is 2. The molecule has 2 aromatic carbocycles. The van der Waals surface area contributed by atoms with Crippen molar-refractivity contribution < 1.29 is 14.3 Å². The molecule has 0 saturated heterocycles. The number of halogens is 2. The number of nitriles is 1. The first kappa shape index (κ1) is 29.1. The molecule has 0 unspecified atom stereocenters. The van der Waals surface area contributed by atoms with Crippen LogP contribution in [-0.4, -0.2) is 38.4 Å². The maximum absolute atomic E-state index is 14.9. The van der Waals surface area contributed by atoms with Gasteiger partial charge in [0.15, 0.2) is 0 Å². The second kappa shape index (κ2) is 12.4. The van der Waals surface area contributed by atoms with Gasteiger partial charge in [-0.3, -0.25) is 19.5 Å². The zero-order valence-electron chi connectivity index (χ0n) is 20.9. The van der Waals surface area contributed by atoms with Crippen molar-refractivity contribution in [3.8, 4) is 6.07 Å². The van der Waals surface area contributed by atoms with Gasteiger partial charge < -0.3 is 10.4 Å². The molecule has 2 N–H and O–H groups in total. The number of nitrogens with one attached hydrogen (secondary N) is 2. The fourth-order valence-electron chi connectivity index (χ4n) is 3.95. The summed E-state index contributed by atoms with van der Waals surface area (Å²) in [6.45, 7) is 6.25. The second-order valence-corrected chi connectivity index (χ2v) is 11.4. The van der Waals surface area contributed by atoms with Crippen molar-refractivity contribution in [3.05, 3.63) is 73.9 Å². The number of benzene rings is 2. The summed E-state index contributed by atoms with van der Waals surface area (Å²) in [5.74, 6) is -0.425. The molecule has 0 aliphatic carbocycles. The number of carbonyl (C=O) groups is 1. The zero-order chi connectivity index (χ0) is 28.0. The van der Waals surface area contributed by atoms with Crippen LogP contribution in [0.4, 0.5) is 17.2 Å². The van der Waals surface area contributed by atoms with Crippen LogP contribution >= 0.6 is 30.6 Å². The fourth-order valence-corrected chi connectivity index (χ4v) is 7.22. The van der Waals surface area contributed by atoms with E-state index >= 15 is 0 Å². The highest BCUT2D eigenvalue weighted by molar-refractivity contribution is 7.71. The summed E-state index contributed by atoms with van der Waals surface area (Å²) >= 11 is 12.2. The minimum Gasteiger partial charge on any atom is -0.321 e. The third-order valence-corrected chi connectivity index (χ3v) is 9.34. The van der Waals surface area contributed by atoms with Gasteiger partial charge in [-0.25, -0.2) is 9.35 Å². The normalized spacial score (nSPS) is 12.6. The van der Waals surface area contributed by atoms with E-state index in [9.17, 15) is 19.5 Å². The van der Waals surface area contributed by atoms with Crippen molar-refractivity contribution in [3.63, 3.8) is 0 Å². The Morgan fingerprint density at radius 3 is 2.42 bits per heavy atom. The Hall–Kier alpha value is -3.42. The zero-order valence-corrected chi connectivity index (χ0v) is 23.3. The van der Waals surface area contributed by atoms with Gasteiger partial charge in [-0.1, -0.05) is 37.0 Å². The van der Waals surface area contributed by atoms with Gasteiger partial charge in [-0.15, -0.1) is 0 Å². The lowest BCUT2D eigenvalue weighted by Crippen LogP contribution is -2.33. The summed E-state index contributed by atoms with van der Waals surface area (Å²) in [5, 5.41) is 31.4. The average Bonchev–Trinajstić information content (AvgIpc) is 3.18. The van der Waals surface area contributed by atoms with Crippen molar-refractivity contribution in [2.75, 3.05) is 23.5 Å². The predicted octanol–water partition coefficient (Wildman–Crippen LogP) is 5.84. The van der Waals surface area contributed by atoms with Crippen LogP contribution < -0.4 is 15.7 Å². The summed E-state index contributed by atoms with van der Waals surface area (Å²) in [6, 6.07) is 12.0. The Morgan fingerprint density at radius 2 is 1.87 bits per heavy atom. The second-order valence-electron chi connectivity index (χ2n) is 8.12. The number of carbonyl (C=O) groups excluding carboxylic acids is 1. The van der Waals surface area contributed by atoms with E-state index in [2.05, 4.69) is 21.6 Å². The average molecular weight is 578 g/mol. The van der Waals surface area contributed by atoms with Crippen LogP contribution in [0, 0.1) is 28.4 Å². The summed E-state index contributed by atoms with van der Waals surface area (Å²) in [4.78, 5) is 23.9. The van der Waals surface area contributed by atoms with Gasteiger partial charge >= 0.3 is 0 Å². The first-order valence-corrected chi connectivity index (χ1v) is 14.1. The summed E-state index contributed by atoms with van der Waals surface area (Å²) in [6.07, 6.45) is 0.0937. The lowest BCUT2D eigenvalue weighted by Gasteiger charge is -2.31. The number of aryl methyl sites for hydroxylation is 2. The quantitative estimate of drug-likeness (QED) is 0.164. The maximum atomic E-state index is 14.9. The van der Waals surface area contributed by atoms with Crippen LogP contribution in [0.15, 0.2) is 42.5 Å². The lowest BCUT2D eigenvalue weighted by molar-refractivity contribution is -0.384. The van der Waals surface area contributed by atoms with Gasteiger partial charge in [0.25, 0.3) is 19.0 Å². The van der Waals surface area contributed by atoms with Crippen molar-refractivity contribution in [1.29, 1.82) is 5.26 Å². The highest BCUT2D eigenvalue weighted by atomic mass is 35.5. The number of nitro groups is 1. The summed E-state index contributed by atoms with van der Waals surface area (Å²) in [5.41, 5.74) is 0.799. The molecule has 14 heteroatoms. The minimum absolute atomic E-state index is 0.0937. The van der Waals surface area contributed by atoms with Crippen LogP contribution in [0.3, 0.4) is 0 Å². The molecule has 1 amide bonds. The molecule has 3 aromatic rings. The Labute approximate surface area is 230 Å². The smallest absolute Gasteiger partial charge is 0.272 e. The van der Waals surface area contributed by atoms with Gasteiger partial charge in [0.2, 0.25) is 0 Å². The van der Waals surface area contributed by atoms with Gasteiger partial charge in [0.1, 0.15) is 11.1 Å². The predicted molar refractivity (Wildman–Crippen MR) is 148 cm³/mol. The molecule has 1 heterocycles. The number of nitro benzene ring substituents is 1. The van der Waals surface area contributed by atoms with Crippen molar-refractivity contribution in [2.24, 2.45) is 0 Å². The van der Waals surface area contributed by atoms with Crippen LogP contribution in [0.5, 0.6) is 0 Å². The molecule has 0 aliphatic heterocycles. The van der Waals surface area contributed by atoms with Crippen molar-refractivity contribution in [1.82, 2.24) is 14.5 Å². The molecule has 3 rings (SSSR count). The number of nitrogens with zero attached hydrogens (tertiary/aromatic N) is 5. The Bertz CT molecular complexity index is 1430.